The van der Waals surface area contributed by atoms with Crippen molar-refractivity contribution in [2.75, 3.05) is 6.61 Å². The van der Waals surface area contributed by atoms with Gasteiger partial charge in [0.2, 0.25) is 0 Å². The number of esters is 1. The molecule has 0 bridgehead atoms. The highest BCUT2D eigenvalue weighted by Crippen LogP contribution is 2.17. The molecule has 0 aliphatic rings. The van der Waals surface area contributed by atoms with Gasteiger partial charge in [-0.25, -0.2) is 0 Å². The van der Waals surface area contributed by atoms with Gasteiger partial charge in [-0.1, -0.05) is 51.0 Å². The molecule has 1 N–H and O–H groups in total. The fourth-order valence-corrected chi connectivity index (χ4v) is 1.22. The summed E-state index contributed by atoms with van der Waals surface area (Å²) in [5.41, 5.74) is 0. The minimum Gasteiger partial charge on any atom is -0.481 e. The molecule has 0 aromatic carbocycles. The lowest BCUT2D eigenvalue weighted by molar-refractivity contribution is -0.150. The normalized spacial score (nSPS) is 10.7. The third-order valence-corrected chi connectivity index (χ3v) is 2.17. The molecule has 122 valence electrons. The molecule has 2 unspecified atom stereocenters. The molecule has 0 saturated heterocycles. The van der Waals surface area contributed by atoms with Crippen LogP contribution in [-0.4, -0.2) is 23.7 Å². The van der Waals surface area contributed by atoms with Crippen LogP contribution < -0.4 is 0 Å². The van der Waals surface area contributed by atoms with E-state index in [1.54, 1.807) is 13.8 Å². The van der Waals surface area contributed by atoms with Crippen molar-refractivity contribution >= 4 is 11.9 Å². The van der Waals surface area contributed by atoms with Gasteiger partial charge in [0.25, 0.3) is 0 Å². The Bertz CT molecular complexity index is 202. The largest absolute Gasteiger partial charge is 0.481 e. The first-order chi connectivity index (χ1) is 6.52. The Kier molecular flexibility index (Phi) is 36.7. The third kappa shape index (κ3) is 14.9. The Morgan fingerprint density at radius 1 is 1.05 bits per heavy atom. The van der Waals surface area contributed by atoms with Crippen molar-refractivity contribution in [1.29, 1.82) is 0 Å². The van der Waals surface area contributed by atoms with Gasteiger partial charge in [0, 0.05) is 0 Å². The van der Waals surface area contributed by atoms with E-state index in [0.29, 0.717) is 19.4 Å². The van der Waals surface area contributed by atoms with Gasteiger partial charge in [-0.05, 0) is 19.8 Å². The number of hydrogen-bond acceptors (Lipinski definition) is 3. The van der Waals surface area contributed by atoms with E-state index in [-0.39, 0.29) is 49.0 Å². The van der Waals surface area contributed by atoms with Crippen molar-refractivity contribution in [2.24, 2.45) is 11.8 Å². The lowest BCUT2D eigenvalue weighted by atomic mass is 9.94. The summed E-state index contributed by atoms with van der Waals surface area (Å²) in [6.07, 6.45) is 0.973. The molecule has 0 heterocycles. The molecule has 0 aliphatic carbocycles. The van der Waals surface area contributed by atoms with E-state index in [2.05, 4.69) is 0 Å². The maximum atomic E-state index is 11.3. The number of carbonyl (C=O) groups is 2. The van der Waals surface area contributed by atoms with Crippen LogP contribution in [0, 0.1) is 11.8 Å². The van der Waals surface area contributed by atoms with Crippen LogP contribution in [0.3, 0.4) is 0 Å². The van der Waals surface area contributed by atoms with E-state index in [0.717, 1.165) is 0 Å². The second-order valence-electron chi connectivity index (χ2n) is 3.33. The zero-order valence-electron chi connectivity index (χ0n) is 8.95. The second-order valence-corrected chi connectivity index (χ2v) is 3.33. The van der Waals surface area contributed by atoms with E-state index in [1.165, 1.54) is 0 Å². The van der Waals surface area contributed by atoms with Crippen molar-refractivity contribution in [1.82, 2.24) is 0 Å². The number of rotatable bonds is 6. The number of aliphatic carboxylic acids is 1. The van der Waals surface area contributed by atoms with Gasteiger partial charge in [-0.2, -0.15) is 0 Å². The predicted octanol–water partition coefficient (Wildman–Crippen LogP) is 4.87. The summed E-state index contributed by atoms with van der Waals surface area (Å²) in [4.78, 5) is 21.9. The van der Waals surface area contributed by atoms with Crippen LogP contribution in [0.25, 0.3) is 0 Å². The number of carboxylic acids is 1. The van der Waals surface area contributed by atoms with Crippen molar-refractivity contribution < 1.29 is 19.4 Å². The standard InChI is InChI=1S/C10H18O4.5CH4/c1-4-8(10(13)14-5-2)6-7(3)9(11)12;;;;;/h7-8H,4-6H2,1-3H3,(H,11,12);5*1H4. The van der Waals surface area contributed by atoms with Crippen molar-refractivity contribution in [3.05, 3.63) is 0 Å². The van der Waals surface area contributed by atoms with Crippen molar-refractivity contribution in [3.63, 3.8) is 0 Å². The number of carbonyl (C=O) groups excluding carboxylic acids is 1. The predicted molar refractivity (Wildman–Crippen MR) is 85.5 cm³/mol. The van der Waals surface area contributed by atoms with Crippen LogP contribution in [0.4, 0.5) is 0 Å². The van der Waals surface area contributed by atoms with Crippen molar-refractivity contribution in [2.45, 2.75) is 70.7 Å². The molecule has 0 aromatic rings. The zero-order chi connectivity index (χ0) is 11.1. The third-order valence-electron chi connectivity index (χ3n) is 2.17. The van der Waals surface area contributed by atoms with E-state index >= 15 is 0 Å². The van der Waals surface area contributed by atoms with Gasteiger partial charge in [0.1, 0.15) is 0 Å². The Morgan fingerprint density at radius 3 is 1.74 bits per heavy atom. The number of ether oxygens (including phenoxy) is 1. The highest BCUT2D eigenvalue weighted by Gasteiger charge is 2.23. The van der Waals surface area contributed by atoms with Gasteiger partial charge >= 0.3 is 11.9 Å². The maximum Gasteiger partial charge on any atom is 0.308 e. The summed E-state index contributed by atoms with van der Waals surface area (Å²) in [6, 6.07) is 0. The van der Waals surface area contributed by atoms with E-state index in [9.17, 15) is 9.59 Å². The lowest BCUT2D eigenvalue weighted by Gasteiger charge is -2.15. The van der Waals surface area contributed by atoms with E-state index in [1.807, 2.05) is 6.92 Å². The first-order valence-corrected chi connectivity index (χ1v) is 4.92. The molecule has 0 saturated carbocycles. The molecule has 4 heteroatoms. The molecule has 19 heavy (non-hydrogen) atoms. The first kappa shape index (κ1) is 36.1. The smallest absolute Gasteiger partial charge is 0.308 e. The number of hydrogen-bond donors (Lipinski definition) is 1. The highest BCUT2D eigenvalue weighted by atomic mass is 16.5. The van der Waals surface area contributed by atoms with Crippen LogP contribution in [0.2, 0.25) is 0 Å². The van der Waals surface area contributed by atoms with Crippen molar-refractivity contribution in [3.8, 4) is 0 Å². The SMILES string of the molecule is C.C.C.C.C.CCOC(=O)C(CC)CC(C)C(=O)O. The van der Waals surface area contributed by atoms with Gasteiger partial charge in [0.15, 0.2) is 0 Å². The molecular weight excluding hydrogens is 244 g/mol. The topological polar surface area (TPSA) is 63.6 Å². The minimum atomic E-state index is -0.868. The fourth-order valence-electron chi connectivity index (χ4n) is 1.22. The Balaban J connectivity index is -0.0000000845. The second kappa shape index (κ2) is 19.3. The molecule has 0 fully saturated rings. The fraction of sp³-hybridized carbons (Fsp3) is 0.867. The molecule has 0 amide bonds. The summed E-state index contributed by atoms with van der Waals surface area (Å²) in [6.45, 7) is 5.54. The lowest BCUT2D eigenvalue weighted by Crippen LogP contribution is -2.22. The molecule has 0 aliphatic heterocycles. The van der Waals surface area contributed by atoms with Crippen LogP contribution in [0.15, 0.2) is 0 Å². The van der Waals surface area contributed by atoms with Crippen LogP contribution >= 0.6 is 0 Å². The monoisotopic (exact) mass is 282 g/mol. The first-order valence-electron chi connectivity index (χ1n) is 4.92. The summed E-state index contributed by atoms with van der Waals surface area (Å²) in [5.74, 6) is -1.94. The summed E-state index contributed by atoms with van der Waals surface area (Å²) in [7, 11) is 0. The summed E-state index contributed by atoms with van der Waals surface area (Å²) in [5, 5.41) is 8.69. The Morgan fingerprint density at radius 2 is 1.47 bits per heavy atom. The molecule has 0 aromatic heterocycles. The van der Waals surface area contributed by atoms with Gasteiger partial charge in [0.05, 0.1) is 18.4 Å². The molecular formula is C15H38O4. The summed E-state index contributed by atoms with van der Waals surface area (Å²) >= 11 is 0. The molecule has 0 rings (SSSR count). The molecule has 2 atom stereocenters. The number of carboxylic acid groups (broad SMARTS) is 1. The van der Waals surface area contributed by atoms with Gasteiger partial charge in [-0.15, -0.1) is 0 Å². The molecule has 0 spiro atoms. The highest BCUT2D eigenvalue weighted by molar-refractivity contribution is 5.74. The molecule has 4 nitrogen and oxygen atoms in total. The average Bonchev–Trinajstić information content (AvgIpc) is 2.13. The van der Waals surface area contributed by atoms with Crippen LogP contribution in [0.5, 0.6) is 0 Å². The molecule has 0 radical (unpaired) electrons. The Labute approximate surface area is 121 Å². The minimum absolute atomic E-state index is 0. The maximum absolute atomic E-state index is 11.3. The van der Waals surface area contributed by atoms with Gasteiger partial charge < -0.3 is 9.84 Å². The van der Waals surface area contributed by atoms with Gasteiger partial charge in [-0.3, -0.25) is 9.59 Å². The quantitative estimate of drug-likeness (QED) is 0.706. The van der Waals surface area contributed by atoms with E-state index in [4.69, 9.17) is 9.84 Å². The Hall–Kier alpha value is -1.06. The zero-order valence-corrected chi connectivity index (χ0v) is 8.95. The summed E-state index contributed by atoms with van der Waals surface area (Å²) < 4.78 is 4.84. The average molecular weight is 282 g/mol. The van der Waals surface area contributed by atoms with E-state index < -0.39 is 11.9 Å². The van der Waals surface area contributed by atoms with Crippen LogP contribution in [0.1, 0.15) is 70.7 Å². The van der Waals surface area contributed by atoms with Crippen LogP contribution in [-0.2, 0) is 14.3 Å².